The van der Waals surface area contributed by atoms with Crippen LogP contribution >= 0.6 is 0 Å². The molecule has 0 aliphatic heterocycles. The Bertz CT molecular complexity index is 3170. The van der Waals surface area contributed by atoms with Crippen LogP contribution in [0.25, 0.3) is 87.7 Å². The molecule has 0 bridgehead atoms. The quantitative estimate of drug-likeness (QED) is 0.182. The Labute approximate surface area is 305 Å². The number of fused-ring (bicyclic) bond motifs is 9. The van der Waals surface area contributed by atoms with E-state index in [0.29, 0.717) is 0 Å². The minimum Gasteiger partial charge on any atom is -0.456 e. The molecule has 2 aromatic heterocycles. The van der Waals surface area contributed by atoms with Crippen molar-refractivity contribution in [1.82, 2.24) is 0 Å². The van der Waals surface area contributed by atoms with Crippen molar-refractivity contribution in [3.05, 3.63) is 188 Å². The predicted molar refractivity (Wildman–Crippen MR) is 222 cm³/mol. The third-order valence-corrected chi connectivity index (χ3v) is 10.6. The molecule has 53 heavy (non-hydrogen) atoms. The van der Waals surface area contributed by atoms with Gasteiger partial charge in [0.15, 0.2) is 0 Å². The van der Waals surface area contributed by atoms with Gasteiger partial charge < -0.3 is 13.7 Å². The van der Waals surface area contributed by atoms with Crippen LogP contribution in [0.15, 0.2) is 197 Å². The Kier molecular flexibility index (Phi) is 6.55. The van der Waals surface area contributed by atoms with Gasteiger partial charge in [0.2, 0.25) is 0 Å². The Morgan fingerprint density at radius 1 is 0.340 bits per heavy atom. The van der Waals surface area contributed by atoms with Crippen molar-refractivity contribution in [2.45, 2.75) is 0 Å². The van der Waals surface area contributed by atoms with Crippen LogP contribution in [0.4, 0.5) is 17.1 Å². The Balaban J connectivity index is 1.16. The number of rotatable bonds is 5. The van der Waals surface area contributed by atoms with Crippen LogP contribution in [-0.4, -0.2) is 0 Å². The van der Waals surface area contributed by atoms with Crippen LogP contribution < -0.4 is 4.90 Å². The first-order valence-corrected chi connectivity index (χ1v) is 18.0. The monoisotopic (exact) mass is 677 g/mol. The lowest BCUT2D eigenvalue weighted by atomic mass is 9.95. The highest BCUT2D eigenvalue weighted by Gasteiger charge is 2.22. The van der Waals surface area contributed by atoms with Crippen molar-refractivity contribution in [2.75, 3.05) is 4.90 Å². The molecule has 11 aromatic rings. The van der Waals surface area contributed by atoms with Gasteiger partial charge in [-0.15, -0.1) is 0 Å². The maximum absolute atomic E-state index is 6.75. The van der Waals surface area contributed by atoms with E-state index in [0.717, 1.165) is 82.8 Å². The standard InChI is InChI=1S/C50H31NO2/c1-2-12-34(13-3-1)42-30-37-15-6-7-16-40(37)50-48(42)43-31-39(27-28-46(43)53-50)51(44-18-10-20-47-49(44)41-17-8-9-19-45(41)52-47)38-25-23-33(24-26-38)36-22-21-32-11-4-5-14-35(32)29-36/h1-31H. The normalized spacial score (nSPS) is 11.8. The van der Waals surface area contributed by atoms with Crippen molar-refractivity contribution in [3.8, 4) is 22.3 Å². The first kappa shape index (κ1) is 29.6. The minimum absolute atomic E-state index is 0.856. The first-order chi connectivity index (χ1) is 26.3. The zero-order valence-corrected chi connectivity index (χ0v) is 28.7. The summed E-state index contributed by atoms with van der Waals surface area (Å²) < 4.78 is 13.2. The summed E-state index contributed by atoms with van der Waals surface area (Å²) in [6, 6.07) is 66.8. The summed E-state index contributed by atoms with van der Waals surface area (Å²) in [4.78, 5) is 2.36. The van der Waals surface area contributed by atoms with Crippen LogP contribution in [0.5, 0.6) is 0 Å². The average molecular weight is 678 g/mol. The van der Waals surface area contributed by atoms with Gasteiger partial charge in [0.05, 0.1) is 11.1 Å². The number of hydrogen-bond acceptors (Lipinski definition) is 3. The van der Waals surface area contributed by atoms with Crippen LogP contribution in [0.2, 0.25) is 0 Å². The number of furan rings is 2. The van der Waals surface area contributed by atoms with E-state index >= 15 is 0 Å². The summed E-state index contributed by atoms with van der Waals surface area (Å²) in [6.07, 6.45) is 0. The van der Waals surface area contributed by atoms with E-state index in [1.54, 1.807) is 0 Å². The maximum Gasteiger partial charge on any atom is 0.143 e. The van der Waals surface area contributed by atoms with Crippen molar-refractivity contribution < 1.29 is 8.83 Å². The van der Waals surface area contributed by atoms with Gasteiger partial charge in [-0.25, -0.2) is 0 Å². The SMILES string of the molecule is c1ccc(-c2cc3ccccc3c3oc4ccc(N(c5ccc(-c6ccc7ccccc7c6)cc5)c5cccc6oc7ccccc7c56)cc4c23)cc1. The molecule has 3 heteroatoms. The topological polar surface area (TPSA) is 29.5 Å². The Hall–Kier alpha value is -7.10. The summed E-state index contributed by atoms with van der Waals surface area (Å²) >= 11 is 0. The summed E-state index contributed by atoms with van der Waals surface area (Å²) in [5.41, 5.74) is 11.3. The molecular weight excluding hydrogens is 647 g/mol. The molecule has 0 atom stereocenters. The highest BCUT2D eigenvalue weighted by Crippen LogP contribution is 2.46. The second-order valence-corrected chi connectivity index (χ2v) is 13.7. The number of anilines is 3. The molecule has 0 aliphatic carbocycles. The van der Waals surface area contributed by atoms with Crippen molar-refractivity contribution in [2.24, 2.45) is 0 Å². The predicted octanol–water partition coefficient (Wildman–Crippen LogP) is 14.6. The van der Waals surface area contributed by atoms with Crippen LogP contribution in [0, 0.1) is 0 Å². The van der Waals surface area contributed by atoms with Crippen LogP contribution in [0.3, 0.4) is 0 Å². The molecular formula is C50H31NO2. The summed E-state index contributed by atoms with van der Waals surface area (Å²) in [6.45, 7) is 0. The Morgan fingerprint density at radius 2 is 1.02 bits per heavy atom. The van der Waals surface area contributed by atoms with E-state index in [4.69, 9.17) is 8.83 Å². The van der Waals surface area contributed by atoms with Gasteiger partial charge in [0.25, 0.3) is 0 Å². The molecule has 0 radical (unpaired) electrons. The average Bonchev–Trinajstić information content (AvgIpc) is 3.80. The van der Waals surface area contributed by atoms with E-state index in [9.17, 15) is 0 Å². The molecule has 0 fully saturated rings. The van der Waals surface area contributed by atoms with E-state index in [1.165, 1.54) is 21.9 Å². The minimum atomic E-state index is 0.856. The first-order valence-electron chi connectivity index (χ1n) is 18.0. The summed E-state index contributed by atoms with van der Waals surface area (Å²) in [5, 5.41) is 9.09. The molecule has 9 aromatic carbocycles. The molecule has 0 aliphatic rings. The lowest BCUT2D eigenvalue weighted by molar-refractivity contribution is 0.669. The fraction of sp³-hybridized carbons (Fsp3) is 0. The molecule has 0 spiro atoms. The fourth-order valence-corrected chi connectivity index (χ4v) is 8.13. The lowest BCUT2D eigenvalue weighted by Gasteiger charge is -2.26. The summed E-state index contributed by atoms with van der Waals surface area (Å²) in [5.74, 6) is 0. The number of nitrogens with zero attached hydrogens (tertiary/aromatic N) is 1. The highest BCUT2D eigenvalue weighted by atomic mass is 16.3. The number of hydrogen-bond donors (Lipinski definition) is 0. The van der Waals surface area contributed by atoms with Crippen molar-refractivity contribution >= 4 is 82.5 Å². The van der Waals surface area contributed by atoms with Crippen LogP contribution in [-0.2, 0) is 0 Å². The van der Waals surface area contributed by atoms with E-state index in [2.05, 4.69) is 181 Å². The van der Waals surface area contributed by atoms with Crippen LogP contribution in [0.1, 0.15) is 0 Å². The second kappa shape index (κ2) is 11.7. The lowest BCUT2D eigenvalue weighted by Crippen LogP contribution is -2.10. The molecule has 2 heterocycles. The van der Waals surface area contributed by atoms with Gasteiger partial charge in [0.1, 0.15) is 22.3 Å². The molecule has 0 amide bonds. The van der Waals surface area contributed by atoms with Gasteiger partial charge in [-0.1, -0.05) is 127 Å². The Morgan fingerprint density at radius 3 is 1.89 bits per heavy atom. The van der Waals surface area contributed by atoms with Gasteiger partial charge in [-0.05, 0) is 99.1 Å². The molecule has 0 saturated heterocycles. The zero-order chi connectivity index (χ0) is 34.9. The third kappa shape index (κ3) is 4.75. The van der Waals surface area contributed by atoms with Gasteiger partial charge in [-0.2, -0.15) is 0 Å². The molecule has 248 valence electrons. The fourth-order valence-electron chi connectivity index (χ4n) is 8.13. The van der Waals surface area contributed by atoms with Gasteiger partial charge in [0, 0.05) is 32.9 Å². The molecule has 11 rings (SSSR count). The number of benzene rings is 9. The maximum atomic E-state index is 6.75. The van der Waals surface area contributed by atoms with Gasteiger partial charge in [-0.3, -0.25) is 0 Å². The van der Waals surface area contributed by atoms with E-state index < -0.39 is 0 Å². The second-order valence-electron chi connectivity index (χ2n) is 13.7. The van der Waals surface area contributed by atoms with Gasteiger partial charge >= 0.3 is 0 Å². The van der Waals surface area contributed by atoms with Crippen molar-refractivity contribution in [1.29, 1.82) is 0 Å². The van der Waals surface area contributed by atoms with E-state index in [1.807, 2.05) is 12.1 Å². The molecule has 0 unspecified atom stereocenters. The smallest absolute Gasteiger partial charge is 0.143 e. The molecule has 3 nitrogen and oxygen atoms in total. The van der Waals surface area contributed by atoms with Crippen molar-refractivity contribution in [3.63, 3.8) is 0 Å². The largest absolute Gasteiger partial charge is 0.456 e. The molecule has 0 saturated carbocycles. The highest BCUT2D eigenvalue weighted by molar-refractivity contribution is 6.22. The zero-order valence-electron chi connectivity index (χ0n) is 28.7. The number of para-hydroxylation sites is 1. The third-order valence-electron chi connectivity index (χ3n) is 10.6. The molecule has 0 N–H and O–H groups in total. The summed E-state index contributed by atoms with van der Waals surface area (Å²) in [7, 11) is 0. The van der Waals surface area contributed by atoms with E-state index in [-0.39, 0.29) is 0 Å².